The lowest BCUT2D eigenvalue weighted by atomic mass is 9.73. The fourth-order valence-corrected chi connectivity index (χ4v) is 6.55. The number of methoxy groups -OCH3 is 1. The van der Waals surface area contributed by atoms with Crippen molar-refractivity contribution in [3.63, 3.8) is 0 Å². The van der Waals surface area contributed by atoms with Gasteiger partial charge in [0, 0.05) is 23.8 Å². The zero-order chi connectivity index (χ0) is 30.5. The third-order valence-corrected chi connectivity index (χ3v) is 9.56. The minimum atomic E-state index is -3.34. The van der Waals surface area contributed by atoms with Gasteiger partial charge >= 0.3 is 5.97 Å². The molecule has 2 aromatic rings. The van der Waals surface area contributed by atoms with Gasteiger partial charge in [-0.15, -0.1) is 0 Å². The number of carbonyl (C=O) groups is 3. The zero-order valence-corrected chi connectivity index (χ0v) is 24.6. The van der Waals surface area contributed by atoms with Crippen LogP contribution < -0.4 is 9.47 Å². The van der Waals surface area contributed by atoms with Gasteiger partial charge in [-0.3, -0.25) is 9.59 Å². The van der Waals surface area contributed by atoms with Crippen molar-refractivity contribution in [3.05, 3.63) is 23.9 Å². The second-order valence-corrected chi connectivity index (χ2v) is 12.7. The van der Waals surface area contributed by atoms with Crippen molar-refractivity contribution in [1.29, 1.82) is 0 Å². The molecule has 12 heteroatoms. The second kappa shape index (κ2) is 11.3. The van der Waals surface area contributed by atoms with Crippen LogP contribution >= 0.6 is 0 Å². The zero-order valence-electron chi connectivity index (χ0n) is 24.6. The van der Waals surface area contributed by atoms with Crippen molar-refractivity contribution in [2.75, 3.05) is 26.9 Å². The maximum Gasteiger partial charge on any atom is 0.306 e. The number of aromatic nitrogens is 2. The number of carbonyl (C=O) groups excluding carboxylic acids is 3. The largest absolute Gasteiger partial charge is 0.497 e. The van der Waals surface area contributed by atoms with Crippen LogP contribution in [0.4, 0.5) is 8.78 Å². The summed E-state index contributed by atoms with van der Waals surface area (Å²) in [5.74, 6) is -5.25. The van der Waals surface area contributed by atoms with E-state index >= 15 is 8.78 Å². The Labute approximate surface area is 248 Å². The van der Waals surface area contributed by atoms with Crippen molar-refractivity contribution in [3.8, 4) is 11.6 Å². The highest BCUT2D eigenvalue weighted by Gasteiger charge is 2.53. The van der Waals surface area contributed by atoms with Crippen LogP contribution in [0.5, 0.6) is 11.6 Å². The van der Waals surface area contributed by atoms with Crippen molar-refractivity contribution in [1.82, 2.24) is 14.9 Å². The van der Waals surface area contributed by atoms with Crippen molar-refractivity contribution < 1.29 is 42.1 Å². The molecule has 232 valence electrons. The van der Waals surface area contributed by atoms with Crippen molar-refractivity contribution in [2.24, 2.45) is 23.2 Å². The minimum Gasteiger partial charge on any atom is -0.497 e. The molecular formula is C31H37F2N3O7. The Bertz CT molecular complexity index is 1420. The molecular weight excluding hydrogens is 564 g/mol. The molecule has 4 aliphatic rings. The van der Waals surface area contributed by atoms with E-state index in [0.29, 0.717) is 50.0 Å². The van der Waals surface area contributed by atoms with E-state index in [0.717, 1.165) is 0 Å². The first-order valence-corrected chi connectivity index (χ1v) is 15.0. The number of halogens is 2. The second-order valence-electron chi connectivity index (χ2n) is 12.7. The Morgan fingerprint density at radius 3 is 2.58 bits per heavy atom. The minimum absolute atomic E-state index is 0.0422. The Hall–Kier alpha value is -3.41. The number of fused-ring (bicyclic) bond motifs is 5. The van der Waals surface area contributed by atoms with Crippen LogP contribution in [0.25, 0.3) is 11.0 Å². The van der Waals surface area contributed by atoms with E-state index in [1.807, 2.05) is 6.92 Å². The summed E-state index contributed by atoms with van der Waals surface area (Å²) >= 11 is 0. The molecule has 10 nitrogen and oxygen atoms in total. The molecule has 1 aromatic carbocycles. The van der Waals surface area contributed by atoms with Crippen LogP contribution in [0, 0.1) is 23.2 Å². The average molecular weight is 602 g/mol. The summed E-state index contributed by atoms with van der Waals surface area (Å²) in [4.78, 5) is 49.6. The summed E-state index contributed by atoms with van der Waals surface area (Å²) in [6.45, 7) is 4.17. The number of alkyl halides is 2. The van der Waals surface area contributed by atoms with Gasteiger partial charge in [-0.1, -0.05) is 20.3 Å². The van der Waals surface area contributed by atoms with Crippen LogP contribution in [0.15, 0.2) is 18.2 Å². The van der Waals surface area contributed by atoms with Crippen LogP contribution in [-0.4, -0.2) is 78.1 Å². The summed E-state index contributed by atoms with van der Waals surface area (Å²) in [5, 5.41) is 0. The molecule has 3 aliphatic heterocycles. The molecule has 4 heterocycles. The lowest BCUT2D eigenvalue weighted by Gasteiger charge is -2.44. The fraction of sp³-hybridized carbons (Fsp3) is 0.645. The molecule has 2 saturated heterocycles. The van der Waals surface area contributed by atoms with E-state index < -0.39 is 53.4 Å². The predicted octanol–water partition coefficient (Wildman–Crippen LogP) is 4.07. The van der Waals surface area contributed by atoms with E-state index in [9.17, 15) is 14.4 Å². The summed E-state index contributed by atoms with van der Waals surface area (Å²) < 4.78 is 54.2. The molecule has 1 saturated carbocycles. The summed E-state index contributed by atoms with van der Waals surface area (Å²) in [6.07, 6.45) is 1.10. The topological polar surface area (TPSA) is 117 Å². The number of hydrogen-bond donors (Lipinski definition) is 0. The molecule has 6 atom stereocenters. The van der Waals surface area contributed by atoms with Gasteiger partial charge in [0.05, 0.1) is 56.3 Å². The number of ether oxygens (including phenoxy) is 4. The highest BCUT2D eigenvalue weighted by atomic mass is 19.3. The molecule has 43 heavy (non-hydrogen) atoms. The van der Waals surface area contributed by atoms with E-state index in [-0.39, 0.29) is 48.7 Å². The summed E-state index contributed by atoms with van der Waals surface area (Å²) in [7, 11) is 1.49. The van der Waals surface area contributed by atoms with E-state index in [1.54, 1.807) is 25.1 Å². The number of aldehydes is 1. The monoisotopic (exact) mass is 601 g/mol. The lowest BCUT2D eigenvalue weighted by Crippen LogP contribution is -2.54. The van der Waals surface area contributed by atoms with Crippen molar-refractivity contribution >= 4 is 29.2 Å². The molecule has 0 unspecified atom stereocenters. The van der Waals surface area contributed by atoms with Crippen molar-refractivity contribution in [2.45, 2.75) is 76.5 Å². The van der Waals surface area contributed by atoms with Crippen LogP contribution in [0.1, 0.15) is 58.1 Å². The molecule has 0 N–H and O–H groups in total. The Balaban J connectivity index is 1.38. The van der Waals surface area contributed by atoms with Gasteiger partial charge in [-0.2, -0.15) is 8.78 Å². The van der Waals surface area contributed by atoms with E-state index in [4.69, 9.17) is 18.9 Å². The number of nitrogens with zero attached hydrogens (tertiary/aromatic N) is 3. The Morgan fingerprint density at radius 2 is 1.88 bits per heavy atom. The number of rotatable bonds is 3. The normalized spacial score (nSPS) is 32.3. The van der Waals surface area contributed by atoms with E-state index in [2.05, 4.69) is 9.97 Å². The Morgan fingerprint density at radius 1 is 1.09 bits per heavy atom. The van der Waals surface area contributed by atoms with E-state index in [1.165, 1.54) is 12.0 Å². The summed E-state index contributed by atoms with van der Waals surface area (Å²) in [5.41, 5.74) is -0.583. The van der Waals surface area contributed by atoms with Gasteiger partial charge in [-0.05, 0) is 37.3 Å². The standard InChI is InChI=1S/C31H37F2N3O7/c1-17-23(14-37)36-13-25(17)43-28-27(34-21-8-7-19(40-3)11-22(21)35-28)31(32,33)9-5-4-6-18-10-24(18)42-26(38)12-20(29(36)39)30(2)15-41-16-30/h7-8,11,14,17-18,20,23-25H,4-6,9-10,12-13,15-16H2,1-3H3/t17-,18+,20+,23+,24+,25-/m0/s1. The van der Waals surface area contributed by atoms with Gasteiger partial charge in [0.15, 0.2) is 5.69 Å². The third kappa shape index (κ3) is 5.65. The molecule has 6 rings (SSSR count). The number of benzene rings is 1. The first-order chi connectivity index (χ1) is 20.5. The molecule has 1 aromatic heterocycles. The maximum atomic E-state index is 15.8. The molecule has 2 bridgehead atoms. The van der Waals surface area contributed by atoms with Gasteiger partial charge in [0.2, 0.25) is 11.8 Å². The molecule has 1 amide bonds. The van der Waals surface area contributed by atoms with Gasteiger partial charge < -0.3 is 28.6 Å². The molecule has 1 aliphatic carbocycles. The van der Waals surface area contributed by atoms with Gasteiger partial charge in [0.1, 0.15) is 24.2 Å². The highest BCUT2D eigenvalue weighted by Crippen LogP contribution is 2.45. The molecule has 0 radical (unpaired) electrons. The lowest BCUT2D eigenvalue weighted by molar-refractivity contribution is -0.174. The van der Waals surface area contributed by atoms with Crippen LogP contribution in [-0.2, 0) is 29.8 Å². The van der Waals surface area contributed by atoms with Gasteiger partial charge in [-0.25, -0.2) is 9.97 Å². The summed E-state index contributed by atoms with van der Waals surface area (Å²) in [6, 6.07) is 3.91. The third-order valence-electron chi connectivity index (χ3n) is 9.56. The van der Waals surface area contributed by atoms with Gasteiger partial charge in [0.25, 0.3) is 5.92 Å². The smallest absolute Gasteiger partial charge is 0.306 e. The predicted molar refractivity (Wildman–Crippen MR) is 149 cm³/mol. The maximum absolute atomic E-state index is 15.8. The molecule has 0 spiro atoms. The average Bonchev–Trinajstić information content (AvgIpc) is 3.63. The quantitative estimate of drug-likeness (QED) is 0.379. The first-order valence-electron chi connectivity index (χ1n) is 15.0. The first kappa shape index (κ1) is 29.7. The number of amides is 1. The number of hydrogen-bond acceptors (Lipinski definition) is 9. The van der Waals surface area contributed by atoms with Crippen LogP contribution in [0.2, 0.25) is 0 Å². The fourth-order valence-electron chi connectivity index (χ4n) is 6.55. The van der Waals surface area contributed by atoms with Crippen LogP contribution in [0.3, 0.4) is 0 Å². The number of esters is 1. The molecule has 3 fully saturated rings. The SMILES string of the molecule is COc1ccc2nc3c(nc2c1)O[C@H]1CN(C(=O)[C@H](C2(C)COC2)CC(=O)O[C@@H]2C[C@H]2CCCCC3(F)F)[C@H](C=O)[C@@H]1C. The Kier molecular flexibility index (Phi) is 7.76. The highest BCUT2D eigenvalue weighted by molar-refractivity contribution is 5.87.